The molecule has 1 heterocycles. The first-order valence-corrected chi connectivity index (χ1v) is 5.25. The molecule has 0 saturated carbocycles. The summed E-state index contributed by atoms with van der Waals surface area (Å²) in [5, 5.41) is 18.3. The van der Waals surface area contributed by atoms with Gasteiger partial charge in [0, 0.05) is 6.42 Å². The predicted molar refractivity (Wildman–Crippen MR) is 57.4 cm³/mol. The molecule has 0 radical (unpaired) electrons. The number of ether oxygens (including phenoxy) is 1. The van der Waals surface area contributed by atoms with E-state index in [-0.39, 0.29) is 12.5 Å². The summed E-state index contributed by atoms with van der Waals surface area (Å²) in [6.45, 7) is 1.98. The maximum Gasteiger partial charge on any atom is 0.306 e. The zero-order valence-electron chi connectivity index (χ0n) is 9.01. The maximum atomic E-state index is 10.5. The van der Waals surface area contributed by atoms with Crippen LogP contribution in [0.15, 0.2) is 18.2 Å². The minimum atomic E-state index is -1.00. The van der Waals surface area contributed by atoms with E-state index in [0.717, 1.165) is 17.7 Å². The largest absolute Gasteiger partial charge is 0.490 e. The van der Waals surface area contributed by atoms with Crippen LogP contribution in [-0.2, 0) is 11.2 Å². The number of carboxylic acid groups (broad SMARTS) is 1. The van der Waals surface area contributed by atoms with E-state index in [2.05, 4.69) is 0 Å². The molecule has 2 rings (SSSR count). The lowest BCUT2D eigenvalue weighted by Crippen LogP contribution is -2.05. The van der Waals surface area contributed by atoms with Crippen LogP contribution < -0.4 is 4.74 Å². The van der Waals surface area contributed by atoms with Crippen LogP contribution in [0.25, 0.3) is 0 Å². The Kier molecular flexibility index (Phi) is 2.83. The third-order valence-corrected chi connectivity index (χ3v) is 2.67. The van der Waals surface area contributed by atoms with E-state index >= 15 is 0 Å². The molecular weight excluding hydrogens is 208 g/mol. The third kappa shape index (κ3) is 2.17. The van der Waals surface area contributed by atoms with E-state index in [1.54, 1.807) is 12.1 Å². The van der Waals surface area contributed by atoms with Crippen molar-refractivity contribution in [2.24, 2.45) is 0 Å². The van der Waals surface area contributed by atoms with Crippen molar-refractivity contribution in [1.29, 1.82) is 0 Å². The molecule has 4 heteroatoms. The Morgan fingerprint density at radius 2 is 2.38 bits per heavy atom. The van der Waals surface area contributed by atoms with E-state index in [4.69, 9.17) is 9.84 Å². The van der Waals surface area contributed by atoms with Crippen molar-refractivity contribution in [1.82, 2.24) is 0 Å². The number of aliphatic hydroxyl groups excluding tert-OH is 1. The second-order valence-electron chi connectivity index (χ2n) is 4.11. The summed E-state index contributed by atoms with van der Waals surface area (Å²) >= 11 is 0. The highest BCUT2D eigenvalue weighted by atomic mass is 16.5. The molecule has 4 nitrogen and oxygen atoms in total. The Morgan fingerprint density at radius 1 is 1.62 bits per heavy atom. The van der Waals surface area contributed by atoms with E-state index in [1.165, 1.54) is 0 Å². The van der Waals surface area contributed by atoms with Gasteiger partial charge in [-0.3, -0.25) is 4.79 Å². The fraction of sp³-hybridized carbons (Fsp3) is 0.417. The second kappa shape index (κ2) is 4.14. The summed E-state index contributed by atoms with van der Waals surface area (Å²) < 4.78 is 5.52. The molecule has 1 aromatic carbocycles. The zero-order chi connectivity index (χ0) is 11.7. The summed E-state index contributed by atoms with van der Waals surface area (Å²) in [6.07, 6.45) is -0.251. The Hall–Kier alpha value is -1.55. The molecule has 1 aliphatic rings. The van der Waals surface area contributed by atoms with Crippen LogP contribution in [0.1, 0.15) is 30.6 Å². The fourth-order valence-electron chi connectivity index (χ4n) is 1.93. The normalized spacial score (nSPS) is 20.0. The lowest BCUT2D eigenvalue weighted by molar-refractivity contribution is -0.139. The quantitative estimate of drug-likeness (QED) is 0.813. The third-order valence-electron chi connectivity index (χ3n) is 2.67. The van der Waals surface area contributed by atoms with Gasteiger partial charge in [-0.2, -0.15) is 0 Å². The van der Waals surface area contributed by atoms with Crippen LogP contribution in [0.4, 0.5) is 0 Å². The molecule has 1 aromatic rings. The van der Waals surface area contributed by atoms with E-state index in [9.17, 15) is 9.90 Å². The fourth-order valence-corrected chi connectivity index (χ4v) is 1.93. The molecule has 1 unspecified atom stereocenters. The molecule has 16 heavy (non-hydrogen) atoms. The number of hydrogen-bond acceptors (Lipinski definition) is 3. The smallest absolute Gasteiger partial charge is 0.306 e. The summed E-state index contributed by atoms with van der Waals surface area (Å²) in [6, 6.07) is 5.33. The monoisotopic (exact) mass is 222 g/mol. The summed E-state index contributed by atoms with van der Waals surface area (Å²) in [4.78, 5) is 10.5. The number of benzene rings is 1. The van der Waals surface area contributed by atoms with Crippen molar-refractivity contribution in [2.45, 2.75) is 32.0 Å². The summed E-state index contributed by atoms with van der Waals surface area (Å²) in [7, 11) is 0. The van der Waals surface area contributed by atoms with Gasteiger partial charge in [-0.1, -0.05) is 6.07 Å². The SMILES string of the molecule is CC1Cc2cc([C@H](O)CC(=O)O)ccc2O1. The number of hydrogen-bond donors (Lipinski definition) is 2. The van der Waals surface area contributed by atoms with Crippen LogP contribution in [0.3, 0.4) is 0 Å². The van der Waals surface area contributed by atoms with Gasteiger partial charge in [0.1, 0.15) is 11.9 Å². The molecule has 0 spiro atoms. The van der Waals surface area contributed by atoms with E-state index < -0.39 is 12.1 Å². The highest BCUT2D eigenvalue weighted by Gasteiger charge is 2.21. The van der Waals surface area contributed by atoms with Gasteiger partial charge in [-0.15, -0.1) is 0 Å². The first-order valence-electron chi connectivity index (χ1n) is 5.25. The lowest BCUT2D eigenvalue weighted by atomic mass is 10.0. The molecule has 2 atom stereocenters. The maximum absolute atomic E-state index is 10.5. The average molecular weight is 222 g/mol. The Balaban J connectivity index is 2.19. The Bertz CT molecular complexity index is 413. The van der Waals surface area contributed by atoms with Gasteiger partial charge in [0.25, 0.3) is 0 Å². The first-order chi connectivity index (χ1) is 7.56. The van der Waals surface area contributed by atoms with Gasteiger partial charge in [0.2, 0.25) is 0 Å². The minimum absolute atomic E-state index is 0.155. The number of fused-ring (bicyclic) bond motifs is 1. The highest BCUT2D eigenvalue weighted by molar-refractivity contribution is 5.67. The summed E-state index contributed by atoms with van der Waals surface area (Å²) in [5.41, 5.74) is 1.67. The first kappa shape index (κ1) is 11.0. The van der Waals surface area contributed by atoms with Crippen LogP contribution >= 0.6 is 0 Å². The molecule has 0 fully saturated rings. The number of carbonyl (C=O) groups is 1. The average Bonchev–Trinajstić information content (AvgIpc) is 2.55. The van der Waals surface area contributed by atoms with Crippen molar-refractivity contribution in [3.05, 3.63) is 29.3 Å². The van der Waals surface area contributed by atoms with Crippen molar-refractivity contribution >= 4 is 5.97 Å². The topological polar surface area (TPSA) is 66.8 Å². The van der Waals surface area contributed by atoms with Crippen LogP contribution in [0, 0.1) is 0 Å². The van der Waals surface area contributed by atoms with Crippen LogP contribution in [-0.4, -0.2) is 22.3 Å². The van der Waals surface area contributed by atoms with Gasteiger partial charge < -0.3 is 14.9 Å². The van der Waals surface area contributed by atoms with Gasteiger partial charge in [-0.05, 0) is 30.2 Å². The standard InChI is InChI=1S/C12H14O4/c1-7-4-9-5-8(2-3-11(9)16-7)10(13)6-12(14)15/h2-3,5,7,10,13H,4,6H2,1H3,(H,14,15)/t7?,10-/m1/s1. The number of rotatable bonds is 3. The molecule has 2 N–H and O–H groups in total. The Labute approximate surface area is 93.5 Å². The predicted octanol–water partition coefficient (Wildman–Crippen LogP) is 1.52. The minimum Gasteiger partial charge on any atom is -0.490 e. The number of carboxylic acids is 1. The molecule has 0 aliphatic carbocycles. The molecule has 0 aromatic heterocycles. The van der Waals surface area contributed by atoms with E-state index in [1.807, 2.05) is 13.0 Å². The van der Waals surface area contributed by atoms with Gasteiger partial charge >= 0.3 is 5.97 Å². The molecule has 0 amide bonds. The second-order valence-corrected chi connectivity index (χ2v) is 4.11. The highest BCUT2D eigenvalue weighted by Crippen LogP contribution is 2.31. The van der Waals surface area contributed by atoms with Crippen LogP contribution in [0.2, 0.25) is 0 Å². The van der Waals surface area contributed by atoms with E-state index in [0.29, 0.717) is 5.56 Å². The summed E-state index contributed by atoms with van der Waals surface area (Å²) in [5.74, 6) is -0.170. The van der Waals surface area contributed by atoms with Crippen molar-refractivity contribution in [3.63, 3.8) is 0 Å². The molecule has 86 valence electrons. The number of aliphatic carboxylic acids is 1. The van der Waals surface area contributed by atoms with Crippen LogP contribution in [0.5, 0.6) is 5.75 Å². The lowest BCUT2D eigenvalue weighted by Gasteiger charge is -2.09. The van der Waals surface area contributed by atoms with Gasteiger partial charge in [0.05, 0.1) is 12.5 Å². The molecule has 0 saturated heterocycles. The van der Waals surface area contributed by atoms with Gasteiger partial charge in [-0.25, -0.2) is 0 Å². The van der Waals surface area contributed by atoms with Crippen molar-refractivity contribution in [2.75, 3.05) is 0 Å². The Morgan fingerprint density at radius 3 is 3.06 bits per heavy atom. The molecule has 0 bridgehead atoms. The van der Waals surface area contributed by atoms with Crippen molar-refractivity contribution in [3.8, 4) is 5.75 Å². The molecule has 1 aliphatic heterocycles. The van der Waals surface area contributed by atoms with Gasteiger partial charge in [0.15, 0.2) is 0 Å². The zero-order valence-corrected chi connectivity index (χ0v) is 9.01. The van der Waals surface area contributed by atoms with Crippen molar-refractivity contribution < 1.29 is 19.7 Å². The number of aliphatic hydroxyl groups is 1. The molecular formula is C12H14O4.